The van der Waals surface area contributed by atoms with Gasteiger partial charge in [-0.15, -0.1) is 10.2 Å². The molecule has 0 aliphatic carbocycles. The lowest BCUT2D eigenvalue weighted by molar-refractivity contribution is 0.0757. The summed E-state index contributed by atoms with van der Waals surface area (Å²) in [6.07, 6.45) is 0.976. The van der Waals surface area contributed by atoms with Gasteiger partial charge in [0.1, 0.15) is 0 Å². The first kappa shape index (κ1) is 17.9. The highest BCUT2D eigenvalue weighted by Crippen LogP contribution is 2.22. The highest BCUT2D eigenvalue weighted by molar-refractivity contribution is 6.00. The van der Waals surface area contributed by atoms with E-state index in [1.54, 1.807) is 18.2 Å². The third kappa shape index (κ3) is 5.03. The average Bonchev–Trinajstić information content (AvgIpc) is 2.61. The fourth-order valence-corrected chi connectivity index (χ4v) is 2.17. The van der Waals surface area contributed by atoms with E-state index in [1.807, 2.05) is 32.0 Å². The van der Waals surface area contributed by atoms with E-state index < -0.39 is 0 Å². The molecular formula is C18H23N3O3. The van der Waals surface area contributed by atoms with Crippen LogP contribution in [0.5, 0.6) is 5.88 Å². The molecule has 1 N–H and O–H groups in total. The number of aromatic nitrogens is 2. The van der Waals surface area contributed by atoms with Gasteiger partial charge in [-0.3, -0.25) is 4.79 Å². The second-order valence-corrected chi connectivity index (χ2v) is 5.54. The van der Waals surface area contributed by atoms with Gasteiger partial charge in [-0.1, -0.05) is 18.2 Å². The molecule has 2 rings (SSSR count). The monoisotopic (exact) mass is 329 g/mol. The molecule has 0 saturated heterocycles. The normalized spacial score (nSPS) is 10.7. The summed E-state index contributed by atoms with van der Waals surface area (Å²) in [5, 5.41) is 11.0. The van der Waals surface area contributed by atoms with Crippen LogP contribution in [0, 0.1) is 0 Å². The first-order chi connectivity index (χ1) is 11.6. The summed E-state index contributed by atoms with van der Waals surface area (Å²) < 4.78 is 10.5. The van der Waals surface area contributed by atoms with Crippen molar-refractivity contribution in [2.45, 2.75) is 26.4 Å². The SMILES string of the molecule is COc1ccc(-c2ccccc2C(=O)NCCCOC(C)C)nn1. The molecular weight excluding hydrogens is 306 g/mol. The van der Waals surface area contributed by atoms with Crippen LogP contribution >= 0.6 is 0 Å². The van der Waals surface area contributed by atoms with Crippen LogP contribution in [0.15, 0.2) is 36.4 Å². The van der Waals surface area contributed by atoms with Crippen LogP contribution in [-0.4, -0.2) is 42.5 Å². The van der Waals surface area contributed by atoms with Gasteiger partial charge in [0.2, 0.25) is 5.88 Å². The number of ether oxygens (including phenoxy) is 2. The lowest BCUT2D eigenvalue weighted by atomic mass is 10.0. The standard InChI is InChI=1S/C18H23N3O3/c1-13(2)24-12-6-11-19-18(22)15-8-5-4-7-14(15)16-9-10-17(23-3)21-20-16/h4-5,7-10,13H,6,11-12H2,1-3H3,(H,19,22). The molecule has 0 unspecified atom stereocenters. The molecule has 24 heavy (non-hydrogen) atoms. The van der Waals surface area contributed by atoms with Crippen molar-refractivity contribution in [3.63, 3.8) is 0 Å². The maximum Gasteiger partial charge on any atom is 0.251 e. The van der Waals surface area contributed by atoms with Crippen LogP contribution in [0.2, 0.25) is 0 Å². The quantitative estimate of drug-likeness (QED) is 0.754. The molecule has 0 bridgehead atoms. The van der Waals surface area contributed by atoms with Crippen molar-refractivity contribution in [1.29, 1.82) is 0 Å². The van der Waals surface area contributed by atoms with Gasteiger partial charge in [-0.25, -0.2) is 0 Å². The number of nitrogens with one attached hydrogen (secondary N) is 1. The molecule has 128 valence electrons. The summed E-state index contributed by atoms with van der Waals surface area (Å²) in [4.78, 5) is 12.4. The van der Waals surface area contributed by atoms with Gasteiger partial charge in [-0.2, -0.15) is 0 Å². The second-order valence-electron chi connectivity index (χ2n) is 5.54. The Hall–Kier alpha value is -2.47. The number of methoxy groups -OCH3 is 1. The van der Waals surface area contributed by atoms with Gasteiger partial charge < -0.3 is 14.8 Å². The molecule has 0 aliphatic heterocycles. The van der Waals surface area contributed by atoms with Crippen LogP contribution in [0.3, 0.4) is 0 Å². The van der Waals surface area contributed by atoms with Gasteiger partial charge in [0, 0.05) is 30.3 Å². The number of hydrogen-bond acceptors (Lipinski definition) is 5. The van der Waals surface area contributed by atoms with E-state index in [4.69, 9.17) is 9.47 Å². The van der Waals surface area contributed by atoms with E-state index in [0.29, 0.717) is 30.3 Å². The largest absolute Gasteiger partial charge is 0.480 e. The van der Waals surface area contributed by atoms with E-state index in [9.17, 15) is 4.79 Å². The average molecular weight is 329 g/mol. The van der Waals surface area contributed by atoms with Crippen molar-refractivity contribution in [3.05, 3.63) is 42.0 Å². The van der Waals surface area contributed by atoms with Gasteiger partial charge in [-0.05, 0) is 32.4 Å². The minimum Gasteiger partial charge on any atom is -0.480 e. The molecule has 2 aromatic rings. The van der Waals surface area contributed by atoms with E-state index >= 15 is 0 Å². The Balaban J connectivity index is 2.03. The molecule has 1 aromatic heterocycles. The van der Waals surface area contributed by atoms with Crippen LogP contribution in [0.25, 0.3) is 11.3 Å². The maximum atomic E-state index is 12.4. The van der Waals surface area contributed by atoms with E-state index in [0.717, 1.165) is 12.0 Å². The molecule has 0 saturated carbocycles. The minimum absolute atomic E-state index is 0.132. The van der Waals surface area contributed by atoms with Crippen molar-refractivity contribution in [3.8, 4) is 17.1 Å². The molecule has 0 aliphatic rings. The van der Waals surface area contributed by atoms with E-state index in [2.05, 4.69) is 15.5 Å². The van der Waals surface area contributed by atoms with Crippen molar-refractivity contribution < 1.29 is 14.3 Å². The first-order valence-electron chi connectivity index (χ1n) is 7.98. The summed E-state index contributed by atoms with van der Waals surface area (Å²) in [6, 6.07) is 10.8. The Labute approximate surface area is 142 Å². The highest BCUT2D eigenvalue weighted by atomic mass is 16.5. The molecule has 6 nitrogen and oxygen atoms in total. The van der Waals surface area contributed by atoms with Crippen molar-refractivity contribution >= 4 is 5.91 Å². The van der Waals surface area contributed by atoms with Gasteiger partial charge in [0.05, 0.1) is 18.9 Å². The lowest BCUT2D eigenvalue weighted by Gasteiger charge is -2.11. The third-order valence-electron chi connectivity index (χ3n) is 3.35. The summed E-state index contributed by atoms with van der Waals surface area (Å²) in [5.41, 5.74) is 1.94. The number of hydrogen-bond donors (Lipinski definition) is 1. The number of nitrogens with zero attached hydrogens (tertiary/aromatic N) is 2. The highest BCUT2D eigenvalue weighted by Gasteiger charge is 2.13. The number of benzene rings is 1. The second kappa shape index (κ2) is 8.98. The molecule has 0 radical (unpaired) electrons. The van der Waals surface area contributed by atoms with E-state index in [-0.39, 0.29) is 12.0 Å². The van der Waals surface area contributed by atoms with Gasteiger partial charge >= 0.3 is 0 Å². The Kier molecular flexibility index (Phi) is 6.69. The fourth-order valence-electron chi connectivity index (χ4n) is 2.17. The van der Waals surface area contributed by atoms with E-state index in [1.165, 1.54) is 7.11 Å². The number of amides is 1. The predicted octanol–water partition coefficient (Wildman–Crippen LogP) is 2.70. The molecule has 0 fully saturated rings. The zero-order chi connectivity index (χ0) is 17.4. The molecule has 1 aromatic carbocycles. The Morgan fingerprint density at radius 3 is 2.62 bits per heavy atom. The number of rotatable bonds is 8. The third-order valence-corrected chi connectivity index (χ3v) is 3.35. The number of carbonyl (C=O) groups is 1. The molecule has 1 heterocycles. The Morgan fingerprint density at radius 1 is 1.17 bits per heavy atom. The Morgan fingerprint density at radius 2 is 1.96 bits per heavy atom. The topological polar surface area (TPSA) is 73.3 Å². The zero-order valence-corrected chi connectivity index (χ0v) is 14.3. The molecule has 6 heteroatoms. The van der Waals surface area contributed by atoms with Crippen molar-refractivity contribution in [1.82, 2.24) is 15.5 Å². The van der Waals surface area contributed by atoms with Crippen molar-refractivity contribution in [2.75, 3.05) is 20.3 Å². The van der Waals surface area contributed by atoms with Crippen molar-refractivity contribution in [2.24, 2.45) is 0 Å². The maximum absolute atomic E-state index is 12.4. The molecule has 0 spiro atoms. The van der Waals surface area contributed by atoms with Gasteiger partial charge in [0.15, 0.2) is 0 Å². The summed E-state index contributed by atoms with van der Waals surface area (Å²) in [5.74, 6) is 0.304. The van der Waals surface area contributed by atoms with Crippen LogP contribution < -0.4 is 10.1 Å². The first-order valence-corrected chi connectivity index (χ1v) is 7.98. The summed E-state index contributed by atoms with van der Waals surface area (Å²) >= 11 is 0. The Bertz CT molecular complexity index is 657. The fraction of sp³-hybridized carbons (Fsp3) is 0.389. The number of carbonyl (C=O) groups excluding carboxylic acids is 1. The predicted molar refractivity (Wildman–Crippen MR) is 92.1 cm³/mol. The summed E-state index contributed by atoms with van der Waals surface area (Å²) in [7, 11) is 1.54. The summed E-state index contributed by atoms with van der Waals surface area (Å²) in [6.45, 7) is 5.17. The van der Waals surface area contributed by atoms with Gasteiger partial charge in [0.25, 0.3) is 5.91 Å². The minimum atomic E-state index is -0.132. The van der Waals surface area contributed by atoms with Crippen LogP contribution in [0.4, 0.5) is 0 Å². The molecule has 1 amide bonds. The molecule has 0 atom stereocenters. The zero-order valence-electron chi connectivity index (χ0n) is 14.3. The smallest absolute Gasteiger partial charge is 0.251 e. The lowest BCUT2D eigenvalue weighted by Crippen LogP contribution is -2.26. The van der Waals surface area contributed by atoms with Crippen LogP contribution in [0.1, 0.15) is 30.6 Å². The van der Waals surface area contributed by atoms with Crippen LogP contribution in [-0.2, 0) is 4.74 Å².